The summed E-state index contributed by atoms with van der Waals surface area (Å²) < 4.78 is 5.87. The number of piperidine rings is 1. The molecule has 2 aliphatic rings. The van der Waals surface area contributed by atoms with Crippen LogP contribution in [0.2, 0.25) is 10.0 Å². The van der Waals surface area contributed by atoms with Crippen LogP contribution in [0.15, 0.2) is 67.2 Å². The summed E-state index contributed by atoms with van der Waals surface area (Å²) in [6, 6.07) is 17.2. The molecule has 1 saturated heterocycles. The third-order valence-electron chi connectivity index (χ3n) is 6.93. The van der Waals surface area contributed by atoms with Crippen LogP contribution in [0.4, 0.5) is 5.69 Å². The van der Waals surface area contributed by atoms with E-state index >= 15 is 0 Å². The maximum Gasteiger partial charge on any atom is 0.238 e. The molecule has 2 amide bonds. The van der Waals surface area contributed by atoms with Gasteiger partial charge in [-0.05, 0) is 53.1 Å². The highest BCUT2D eigenvalue weighted by atomic mass is 35.5. The molecule has 2 aliphatic heterocycles. The van der Waals surface area contributed by atoms with Crippen molar-refractivity contribution in [2.24, 2.45) is 0 Å². The van der Waals surface area contributed by atoms with E-state index < -0.39 is 17.4 Å². The van der Waals surface area contributed by atoms with Gasteiger partial charge in [-0.2, -0.15) is 0 Å². The first-order valence-electron chi connectivity index (χ1n) is 11.5. The standard InChI is InChI=1S/C28H24Cl2N2O4/c1-2-16-6-9-24(36-11-10-33)20(12-16)26-28(21-8-7-19(30)14-23(21)31-27(28)35)22(15-25(34)32-26)17-4-3-5-18(29)13-17/h2-9,12-14,22,26,33H,1,10-11,15H2,(H,31,35)(H,32,34)/t22-,26+,28-/m0/s1. The Kier molecular flexibility index (Phi) is 6.51. The number of carbonyl (C=O) groups excluding carboxylic acids is 2. The Balaban J connectivity index is 1.81. The highest BCUT2D eigenvalue weighted by molar-refractivity contribution is 6.31. The Morgan fingerprint density at radius 3 is 2.64 bits per heavy atom. The number of rotatable bonds is 6. The lowest BCUT2D eigenvalue weighted by molar-refractivity contribution is -0.131. The van der Waals surface area contributed by atoms with E-state index in [0.717, 1.165) is 16.7 Å². The minimum absolute atomic E-state index is 0.0597. The summed E-state index contributed by atoms with van der Waals surface area (Å²) in [5.74, 6) is -0.536. The molecule has 0 saturated carbocycles. The lowest BCUT2D eigenvalue weighted by atomic mass is 9.59. The van der Waals surface area contributed by atoms with Crippen molar-refractivity contribution < 1.29 is 19.4 Å². The maximum absolute atomic E-state index is 14.1. The first-order chi connectivity index (χ1) is 17.4. The Labute approximate surface area is 218 Å². The number of aliphatic hydroxyl groups excluding tert-OH is 1. The van der Waals surface area contributed by atoms with Crippen molar-refractivity contribution >= 4 is 46.8 Å². The maximum atomic E-state index is 14.1. The van der Waals surface area contributed by atoms with Gasteiger partial charge in [0.2, 0.25) is 11.8 Å². The van der Waals surface area contributed by atoms with Crippen LogP contribution in [-0.2, 0) is 15.0 Å². The summed E-state index contributed by atoms with van der Waals surface area (Å²) >= 11 is 12.6. The summed E-state index contributed by atoms with van der Waals surface area (Å²) in [5.41, 5.74) is 2.28. The average molecular weight is 523 g/mol. The molecule has 1 spiro atoms. The molecule has 184 valence electrons. The summed E-state index contributed by atoms with van der Waals surface area (Å²) in [6.07, 6.45) is 1.77. The molecule has 0 bridgehead atoms. The van der Waals surface area contributed by atoms with Crippen LogP contribution in [-0.4, -0.2) is 30.1 Å². The fraction of sp³-hybridized carbons (Fsp3) is 0.214. The Bertz CT molecular complexity index is 1380. The van der Waals surface area contributed by atoms with E-state index in [2.05, 4.69) is 17.2 Å². The zero-order valence-electron chi connectivity index (χ0n) is 19.3. The fourth-order valence-corrected chi connectivity index (χ4v) is 5.85. The van der Waals surface area contributed by atoms with Crippen LogP contribution >= 0.6 is 23.2 Å². The van der Waals surface area contributed by atoms with E-state index in [1.165, 1.54) is 0 Å². The van der Waals surface area contributed by atoms with Crippen LogP contribution < -0.4 is 15.4 Å². The topological polar surface area (TPSA) is 87.7 Å². The van der Waals surface area contributed by atoms with Gasteiger partial charge in [-0.1, -0.05) is 60.1 Å². The number of aliphatic hydroxyl groups is 1. The molecule has 1 fully saturated rings. The molecular formula is C28H24Cl2N2O4. The van der Waals surface area contributed by atoms with Gasteiger partial charge in [0, 0.05) is 33.6 Å². The van der Waals surface area contributed by atoms with E-state index in [1.807, 2.05) is 30.3 Å². The molecule has 6 nitrogen and oxygen atoms in total. The number of ether oxygens (including phenoxy) is 1. The third-order valence-corrected chi connectivity index (χ3v) is 7.40. The number of fused-ring (bicyclic) bond motifs is 2. The summed E-state index contributed by atoms with van der Waals surface area (Å²) in [5, 5.41) is 16.5. The van der Waals surface area contributed by atoms with E-state index in [9.17, 15) is 14.7 Å². The van der Waals surface area contributed by atoms with Crippen molar-refractivity contribution in [3.63, 3.8) is 0 Å². The summed E-state index contributed by atoms with van der Waals surface area (Å²) in [7, 11) is 0. The number of anilines is 1. The number of hydrogen-bond acceptors (Lipinski definition) is 4. The molecule has 3 atom stereocenters. The molecular weight excluding hydrogens is 499 g/mol. The quantitative estimate of drug-likeness (QED) is 0.413. The smallest absolute Gasteiger partial charge is 0.238 e. The molecule has 36 heavy (non-hydrogen) atoms. The van der Waals surface area contributed by atoms with Crippen LogP contribution in [0, 0.1) is 0 Å². The van der Waals surface area contributed by atoms with Gasteiger partial charge in [-0.25, -0.2) is 0 Å². The van der Waals surface area contributed by atoms with Crippen LogP contribution in [0.25, 0.3) is 6.08 Å². The highest BCUT2D eigenvalue weighted by Gasteiger charge is 2.61. The second-order valence-corrected chi connectivity index (χ2v) is 9.77. The normalized spacial score (nSPS) is 22.6. The summed E-state index contributed by atoms with van der Waals surface area (Å²) in [6.45, 7) is 3.75. The number of nitrogens with one attached hydrogen (secondary N) is 2. The second-order valence-electron chi connectivity index (χ2n) is 8.90. The Morgan fingerprint density at radius 2 is 1.89 bits per heavy atom. The molecule has 0 aliphatic carbocycles. The molecule has 3 N–H and O–H groups in total. The van der Waals surface area contributed by atoms with Gasteiger partial charge in [0.1, 0.15) is 17.8 Å². The molecule has 0 radical (unpaired) electrons. The van der Waals surface area contributed by atoms with E-state index in [-0.39, 0.29) is 31.4 Å². The Morgan fingerprint density at radius 1 is 1.08 bits per heavy atom. The van der Waals surface area contributed by atoms with Gasteiger partial charge >= 0.3 is 0 Å². The van der Waals surface area contributed by atoms with Crippen LogP contribution in [0.1, 0.15) is 40.6 Å². The largest absolute Gasteiger partial charge is 0.491 e. The highest BCUT2D eigenvalue weighted by Crippen LogP contribution is 2.58. The summed E-state index contributed by atoms with van der Waals surface area (Å²) in [4.78, 5) is 27.3. The van der Waals surface area contributed by atoms with Gasteiger partial charge in [-0.3, -0.25) is 9.59 Å². The first kappa shape index (κ1) is 24.4. The van der Waals surface area contributed by atoms with Gasteiger partial charge in [0.05, 0.1) is 12.6 Å². The monoisotopic (exact) mass is 522 g/mol. The van der Waals surface area contributed by atoms with E-state index in [1.54, 1.807) is 36.4 Å². The molecule has 2 heterocycles. The number of hydrogen-bond donors (Lipinski definition) is 3. The predicted octanol–water partition coefficient (Wildman–Crippen LogP) is 5.24. The van der Waals surface area contributed by atoms with Crippen molar-refractivity contribution in [3.05, 3.63) is 99.5 Å². The lowest BCUT2D eigenvalue weighted by Crippen LogP contribution is -2.56. The second kappa shape index (κ2) is 9.62. The van der Waals surface area contributed by atoms with Crippen molar-refractivity contribution in [1.82, 2.24) is 5.32 Å². The molecule has 0 unspecified atom stereocenters. The van der Waals surface area contributed by atoms with Gasteiger partial charge in [0.15, 0.2) is 0 Å². The average Bonchev–Trinajstić information content (AvgIpc) is 3.14. The molecule has 3 aromatic carbocycles. The molecule has 5 rings (SSSR count). The van der Waals surface area contributed by atoms with Crippen LogP contribution in [0.3, 0.4) is 0 Å². The van der Waals surface area contributed by atoms with Crippen molar-refractivity contribution in [2.75, 3.05) is 18.5 Å². The molecule has 3 aromatic rings. The predicted molar refractivity (Wildman–Crippen MR) is 141 cm³/mol. The number of carbonyl (C=O) groups is 2. The molecule has 8 heteroatoms. The third kappa shape index (κ3) is 3.95. The lowest BCUT2D eigenvalue weighted by Gasteiger charge is -2.46. The van der Waals surface area contributed by atoms with Crippen molar-refractivity contribution in [3.8, 4) is 5.75 Å². The Hall–Kier alpha value is -3.32. The van der Waals surface area contributed by atoms with E-state index in [0.29, 0.717) is 27.0 Å². The van der Waals surface area contributed by atoms with Gasteiger partial charge in [-0.15, -0.1) is 0 Å². The van der Waals surface area contributed by atoms with Crippen molar-refractivity contribution in [1.29, 1.82) is 0 Å². The minimum Gasteiger partial charge on any atom is -0.491 e. The molecule has 0 aromatic heterocycles. The van der Waals surface area contributed by atoms with Gasteiger partial charge < -0.3 is 20.5 Å². The number of amides is 2. The first-order valence-corrected chi connectivity index (χ1v) is 12.3. The van der Waals surface area contributed by atoms with Gasteiger partial charge in [0.25, 0.3) is 0 Å². The van der Waals surface area contributed by atoms with E-state index in [4.69, 9.17) is 27.9 Å². The SMILES string of the molecule is C=Cc1ccc(OCCO)c([C@H]2NC(=O)C[C@@H](c3cccc(Cl)c3)[C@]23C(=O)Nc2cc(Cl)ccc23)c1. The van der Waals surface area contributed by atoms with Crippen molar-refractivity contribution in [2.45, 2.75) is 23.8 Å². The fourth-order valence-electron chi connectivity index (χ4n) is 5.48. The zero-order valence-corrected chi connectivity index (χ0v) is 20.8. The minimum atomic E-state index is -1.23. The van der Waals surface area contributed by atoms with Crippen LogP contribution in [0.5, 0.6) is 5.75 Å². The number of halogens is 2. The number of benzene rings is 3. The zero-order chi connectivity index (χ0) is 25.4.